The first-order valence-electron chi connectivity index (χ1n) is 12.4. The van der Waals surface area contributed by atoms with E-state index in [1.807, 2.05) is 91.0 Å². The third-order valence-corrected chi connectivity index (χ3v) is 7.91. The van der Waals surface area contributed by atoms with E-state index in [-0.39, 0.29) is 11.8 Å². The number of carbonyl (C=O) groups excluding carboxylic acids is 2. The third kappa shape index (κ3) is 4.49. The van der Waals surface area contributed by atoms with Crippen molar-refractivity contribution < 1.29 is 19.1 Å². The number of amides is 2. The van der Waals surface area contributed by atoms with Gasteiger partial charge in [-0.25, -0.2) is 4.98 Å². The van der Waals surface area contributed by atoms with E-state index in [1.54, 1.807) is 25.2 Å². The van der Waals surface area contributed by atoms with E-state index < -0.39 is 12.0 Å². The lowest BCUT2D eigenvalue weighted by atomic mass is 9.79. The van der Waals surface area contributed by atoms with Gasteiger partial charge in [-0.3, -0.25) is 14.5 Å². The first kappa shape index (κ1) is 24.6. The number of thiazole rings is 1. The summed E-state index contributed by atoms with van der Waals surface area (Å²) in [4.78, 5) is 34.5. The van der Waals surface area contributed by atoms with Gasteiger partial charge < -0.3 is 14.8 Å². The van der Waals surface area contributed by atoms with Gasteiger partial charge >= 0.3 is 0 Å². The zero-order chi connectivity index (χ0) is 26.9. The standard InChI is InChI=1S/C31H25N3O4S/c1-37-21-15-11-19(12-16-21)28-27(29(35)33-31-32-25-9-5-6-10-26(25)39-31)23-7-3-4-8-24(23)30(36)34(28)20-13-17-22(38-2)18-14-20/h3-18,27-28H,1-2H3,(H,32,33,35). The molecule has 5 aromatic rings. The number of para-hydroxylation sites is 1. The molecule has 1 aromatic heterocycles. The summed E-state index contributed by atoms with van der Waals surface area (Å²) in [5, 5.41) is 3.57. The number of hydrogen-bond acceptors (Lipinski definition) is 6. The summed E-state index contributed by atoms with van der Waals surface area (Å²) in [6.45, 7) is 0. The van der Waals surface area contributed by atoms with Crippen molar-refractivity contribution in [3.8, 4) is 11.5 Å². The Morgan fingerprint density at radius 2 is 1.49 bits per heavy atom. The molecule has 2 atom stereocenters. The summed E-state index contributed by atoms with van der Waals surface area (Å²) in [5.41, 5.74) is 3.45. The number of benzene rings is 4. The predicted octanol–water partition coefficient (Wildman–Crippen LogP) is 6.44. The molecule has 2 unspecified atom stereocenters. The summed E-state index contributed by atoms with van der Waals surface area (Å²) in [6, 6.07) is 29.2. The Balaban J connectivity index is 1.50. The molecule has 194 valence electrons. The summed E-state index contributed by atoms with van der Waals surface area (Å²) >= 11 is 1.42. The molecule has 1 aliphatic heterocycles. The smallest absolute Gasteiger partial charge is 0.259 e. The fourth-order valence-corrected chi connectivity index (χ4v) is 5.96. The summed E-state index contributed by atoms with van der Waals surface area (Å²) in [5.74, 6) is 0.234. The number of ether oxygens (including phenoxy) is 2. The molecule has 0 spiro atoms. The summed E-state index contributed by atoms with van der Waals surface area (Å²) < 4.78 is 11.7. The second kappa shape index (κ2) is 10.2. The van der Waals surface area contributed by atoms with Gasteiger partial charge in [-0.15, -0.1) is 0 Å². The molecule has 0 saturated carbocycles. The number of nitrogens with one attached hydrogen (secondary N) is 1. The van der Waals surface area contributed by atoms with Gasteiger partial charge in [0.15, 0.2) is 5.13 Å². The largest absolute Gasteiger partial charge is 0.497 e. The molecule has 0 aliphatic carbocycles. The van der Waals surface area contributed by atoms with E-state index in [4.69, 9.17) is 9.47 Å². The monoisotopic (exact) mass is 535 g/mol. The molecule has 4 aromatic carbocycles. The van der Waals surface area contributed by atoms with Crippen molar-refractivity contribution in [3.63, 3.8) is 0 Å². The number of nitrogens with zero attached hydrogens (tertiary/aromatic N) is 2. The number of anilines is 2. The topological polar surface area (TPSA) is 80.8 Å². The van der Waals surface area contributed by atoms with Crippen LogP contribution in [0.1, 0.15) is 33.4 Å². The summed E-state index contributed by atoms with van der Waals surface area (Å²) in [7, 11) is 3.20. The maximum atomic E-state index is 14.2. The lowest BCUT2D eigenvalue weighted by Gasteiger charge is -2.41. The highest BCUT2D eigenvalue weighted by atomic mass is 32.1. The van der Waals surface area contributed by atoms with Gasteiger partial charge in [0.2, 0.25) is 5.91 Å². The highest BCUT2D eigenvalue weighted by Gasteiger charge is 2.45. The highest BCUT2D eigenvalue weighted by Crippen LogP contribution is 2.46. The molecule has 7 nitrogen and oxygen atoms in total. The fourth-order valence-electron chi connectivity index (χ4n) is 5.09. The molecule has 1 aliphatic rings. The average Bonchev–Trinajstić information content (AvgIpc) is 3.39. The number of rotatable bonds is 6. The first-order chi connectivity index (χ1) is 19.1. The van der Waals surface area contributed by atoms with Gasteiger partial charge in [0, 0.05) is 11.3 Å². The van der Waals surface area contributed by atoms with Crippen molar-refractivity contribution in [2.45, 2.75) is 12.0 Å². The number of carbonyl (C=O) groups is 2. The molecular weight excluding hydrogens is 510 g/mol. The van der Waals surface area contributed by atoms with Crippen molar-refractivity contribution in [1.82, 2.24) is 4.98 Å². The number of hydrogen-bond donors (Lipinski definition) is 1. The minimum Gasteiger partial charge on any atom is -0.497 e. The van der Waals surface area contributed by atoms with Crippen molar-refractivity contribution in [3.05, 3.63) is 114 Å². The highest BCUT2D eigenvalue weighted by molar-refractivity contribution is 7.22. The van der Waals surface area contributed by atoms with Gasteiger partial charge in [0.25, 0.3) is 5.91 Å². The van der Waals surface area contributed by atoms with Crippen LogP contribution in [0.15, 0.2) is 97.1 Å². The molecule has 0 bridgehead atoms. The third-order valence-electron chi connectivity index (χ3n) is 6.95. The minimum absolute atomic E-state index is 0.180. The Kier molecular flexibility index (Phi) is 6.46. The predicted molar refractivity (Wildman–Crippen MR) is 153 cm³/mol. The van der Waals surface area contributed by atoms with Crippen LogP contribution in [-0.2, 0) is 4.79 Å². The molecule has 39 heavy (non-hydrogen) atoms. The molecule has 2 heterocycles. The Labute approximate surface area is 229 Å². The molecule has 0 saturated heterocycles. The van der Waals surface area contributed by atoms with Crippen molar-refractivity contribution >= 4 is 44.2 Å². The van der Waals surface area contributed by atoms with Gasteiger partial charge in [-0.2, -0.15) is 0 Å². The van der Waals surface area contributed by atoms with E-state index >= 15 is 0 Å². The maximum Gasteiger partial charge on any atom is 0.259 e. The van der Waals surface area contributed by atoms with E-state index in [0.29, 0.717) is 33.4 Å². The van der Waals surface area contributed by atoms with E-state index in [1.165, 1.54) is 11.3 Å². The normalized spacial score (nSPS) is 16.6. The first-order valence-corrected chi connectivity index (χ1v) is 13.3. The van der Waals surface area contributed by atoms with Crippen LogP contribution in [-0.4, -0.2) is 31.0 Å². The number of methoxy groups -OCH3 is 2. The Morgan fingerprint density at radius 3 is 2.18 bits per heavy atom. The second-order valence-corrected chi connectivity index (χ2v) is 10.2. The van der Waals surface area contributed by atoms with Crippen LogP contribution in [0.2, 0.25) is 0 Å². The molecule has 1 N–H and O–H groups in total. The maximum absolute atomic E-state index is 14.2. The van der Waals surface area contributed by atoms with E-state index in [2.05, 4.69) is 10.3 Å². The lowest BCUT2D eigenvalue weighted by Crippen LogP contribution is -2.46. The number of fused-ring (bicyclic) bond motifs is 2. The molecule has 2 amide bonds. The van der Waals surface area contributed by atoms with Crippen molar-refractivity contribution in [1.29, 1.82) is 0 Å². The molecule has 6 rings (SSSR count). The molecule has 0 radical (unpaired) electrons. The lowest BCUT2D eigenvalue weighted by molar-refractivity contribution is -0.118. The van der Waals surface area contributed by atoms with Crippen LogP contribution < -0.4 is 19.7 Å². The van der Waals surface area contributed by atoms with Crippen LogP contribution >= 0.6 is 11.3 Å². The van der Waals surface area contributed by atoms with Crippen LogP contribution in [0.3, 0.4) is 0 Å². The zero-order valence-electron chi connectivity index (χ0n) is 21.3. The molecule has 8 heteroatoms. The Hall–Kier alpha value is -4.69. The minimum atomic E-state index is -0.707. The van der Waals surface area contributed by atoms with Crippen LogP contribution in [0.25, 0.3) is 10.2 Å². The van der Waals surface area contributed by atoms with E-state index in [9.17, 15) is 9.59 Å². The van der Waals surface area contributed by atoms with Gasteiger partial charge in [0.05, 0.1) is 36.4 Å². The number of aromatic nitrogens is 1. The summed E-state index contributed by atoms with van der Waals surface area (Å²) in [6.07, 6.45) is 0. The van der Waals surface area contributed by atoms with Gasteiger partial charge in [-0.05, 0) is 65.7 Å². The fraction of sp³-hybridized carbons (Fsp3) is 0.129. The zero-order valence-corrected chi connectivity index (χ0v) is 22.1. The molecule has 0 fully saturated rings. The quantitative estimate of drug-likeness (QED) is 0.271. The Bertz CT molecular complexity index is 1630. The van der Waals surface area contributed by atoms with Gasteiger partial charge in [-0.1, -0.05) is 53.8 Å². The average molecular weight is 536 g/mol. The second-order valence-electron chi connectivity index (χ2n) is 9.13. The van der Waals surface area contributed by atoms with Crippen LogP contribution in [0, 0.1) is 0 Å². The van der Waals surface area contributed by atoms with E-state index in [0.717, 1.165) is 15.8 Å². The molecular formula is C31H25N3O4S. The van der Waals surface area contributed by atoms with Crippen LogP contribution in [0.5, 0.6) is 11.5 Å². The Morgan fingerprint density at radius 1 is 0.846 bits per heavy atom. The van der Waals surface area contributed by atoms with Crippen molar-refractivity contribution in [2.24, 2.45) is 0 Å². The van der Waals surface area contributed by atoms with Gasteiger partial charge in [0.1, 0.15) is 11.5 Å². The SMILES string of the molecule is COc1ccc(C2C(C(=O)Nc3nc4ccccc4s3)c3ccccc3C(=O)N2c2ccc(OC)cc2)cc1. The van der Waals surface area contributed by atoms with Crippen LogP contribution in [0.4, 0.5) is 10.8 Å². The van der Waals surface area contributed by atoms with Crippen molar-refractivity contribution in [2.75, 3.05) is 24.4 Å².